The maximum atomic E-state index is 14.1. The Balaban J connectivity index is 1.42. The summed E-state index contributed by atoms with van der Waals surface area (Å²) in [5.74, 6) is -2.07. The predicted molar refractivity (Wildman–Crippen MR) is 140 cm³/mol. The van der Waals surface area contributed by atoms with Gasteiger partial charge < -0.3 is 26.2 Å². The molecule has 3 aromatic rings. The third-order valence-corrected chi connectivity index (χ3v) is 6.22. The van der Waals surface area contributed by atoms with Gasteiger partial charge in [-0.3, -0.25) is 9.59 Å². The molecule has 0 bridgehead atoms. The summed E-state index contributed by atoms with van der Waals surface area (Å²) in [5, 5.41) is 15.0. The second-order valence-electron chi connectivity index (χ2n) is 8.81. The highest BCUT2D eigenvalue weighted by Crippen LogP contribution is 2.25. The van der Waals surface area contributed by atoms with Crippen molar-refractivity contribution in [3.8, 4) is 6.07 Å². The molecule has 1 fully saturated rings. The van der Waals surface area contributed by atoms with E-state index in [1.54, 1.807) is 11.0 Å². The van der Waals surface area contributed by atoms with Crippen molar-refractivity contribution in [2.75, 3.05) is 41.7 Å². The van der Waals surface area contributed by atoms with E-state index in [9.17, 15) is 18.4 Å². The van der Waals surface area contributed by atoms with Gasteiger partial charge in [-0.15, -0.1) is 0 Å². The van der Waals surface area contributed by atoms with Gasteiger partial charge in [0.05, 0.1) is 12.5 Å². The van der Waals surface area contributed by atoms with Gasteiger partial charge >= 0.3 is 0 Å². The average molecular weight is 520 g/mol. The second-order valence-corrected chi connectivity index (χ2v) is 8.81. The molecule has 0 saturated carbocycles. The van der Waals surface area contributed by atoms with E-state index in [0.29, 0.717) is 43.2 Å². The summed E-state index contributed by atoms with van der Waals surface area (Å²) < 4.78 is 27.7. The van der Waals surface area contributed by atoms with Gasteiger partial charge in [-0.25, -0.2) is 13.8 Å². The summed E-state index contributed by atoms with van der Waals surface area (Å²) >= 11 is 0. The fraction of sp³-hybridized carbons (Fsp3) is 0.259. The smallest absolute Gasteiger partial charge is 0.236 e. The van der Waals surface area contributed by atoms with Crippen LogP contribution in [0.15, 0.2) is 54.7 Å². The number of rotatable bonds is 9. The standard InChI is InChI=1S/C27H27F2N7O2/c28-22-3-1-2-18(27(22)29)16-32-23-15-25(33-17-19(23)14-24(31)37)34-20-4-6-21(7-5-20)35-10-12-36(13-11-35)26(38)8-9-30/h1-7,15,17H,8,10-14,16H2,(H2,31,37)(H2,32,33,34). The third kappa shape index (κ3) is 6.53. The first-order chi connectivity index (χ1) is 18.3. The molecule has 0 unspecified atom stereocenters. The number of piperazine rings is 1. The lowest BCUT2D eigenvalue weighted by Crippen LogP contribution is -2.48. The van der Waals surface area contributed by atoms with Gasteiger partial charge in [-0.1, -0.05) is 12.1 Å². The lowest BCUT2D eigenvalue weighted by molar-refractivity contribution is -0.130. The zero-order chi connectivity index (χ0) is 27.1. The number of anilines is 4. The summed E-state index contributed by atoms with van der Waals surface area (Å²) in [7, 11) is 0. The highest BCUT2D eigenvalue weighted by molar-refractivity contribution is 5.79. The van der Waals surface area contributed by atoms with Crippen LogP contribution in [-0.4, -0.2) is 47.9 Å². The number of aromatic nitrogens is 1. The van der Waals surface area contributed by atoms with Crippen molar-refractivity contribution in [2.24, 2.45) is 5.73 Å². The van der Waals surface area contributed by atoms with Gasteiger partial charge in [-0.2, -0.15) is 5.26 Å². The van der Waals surface area contributed by atoms with Crippen LogP contribution < -0.4 is 21.3 Å². The Morgan fingerprint density at radius 1 is 1.05 bits per heavy atom. The van der Waals surface area contributed by atoms with Crippen molar-refractivity contribution in [1.29, 1.82) is 5.26 Å². The Labute approximate surface area is 218 Å². The zero-order valence-electron chi connectivity index (χ0n) is 20.6. The van der Waals surface area contributed by atoms with Crippen LogP contribution in [0.1, 0.15) is 17.5 Å². The maximum absolute atomic E-state index is 14.1. The molecule has 1 aromatic heterocycles. The van der Waals surface area contributed by atoms with Crippen LogP contribution in [0.5, 0.6) is 0 Å². The molecule has 196 valence electrons. The number of hydrogen-bond donors (Lipinski definition) is 3. The maximum Gasteiger partial charge on any atom is 0.236 e. The number of carbonyl (C=O) groups excluding carboxylic acids is 2. The van der Waals surface area contributed by atoms with E-state index < -0.39 is 17.5 Å². The number of halogens is 2. The molecule has 0 spiro atoms. The lowest BCUT2D eigenvalue weighted by atomic mass is 10.1. The molecule has 1 aliphatic heterocycles. The number of benzene rings is 2. The third-order valence-electron chi connectivity index (χ3n) is 6.22. The van der Waals surface area contributed by atoms with Crippen molar-refractivity contribution in [3.05, 3.63) is 77.5 Å². The number of pyridine rings is 1. The van der Waals surface area contributed by atoms with Crippen LogP contribution in [0.2, 0.25) is 0 Å². The largest absolute Gasteiger partial charge is 0.380 e. The summed E-state index contributed by atoms with van der Waals surface area (Å²) in [4.78, 5) is 31.7. The Morgan fingerprint density at radius 3 is 2.47 bits per heavy atom. The molecule has 1 saturated heterocycles. The molecule has 2 aromatic carbocycles. The van der Waals surface area contributed by atoms with Gasteiger partial charge in [0.25, 0.3) is 0 Å². The number of primary amides is 1. The minimum absolute atomic E-state index is 0.00286. The van der Waals surface area contributed by atoms with Gasteiger partial charge in [0, 0.05) is 73.2 Å². The molecule has 2 heterocycles. The topological polar surface area (TPSA) is 127 Å². The first kappa shape index (κ1) is 26.3. The Morgan fingerprint density at radius 2 is 1.79 bits per heavy atom. The molecule has 0 radical (unpaired) electrons. The van der Waals surface area contributed by atoms with Crippen LogP contribution in [-0.2, 0) is 22.6 Å². The molecular formula is C27H27F2N7O2. The minimum atomic E-state index is -0.934. The molecule has 11 heteroatoms. The fourth-order valence-corrected chi connectivity index (χ4v) is 4.22. The van der Waals surface area contributed by atoms with Crippen molar-refractivity contribution in [2.45, 2.75) is 19.4 Å². The molecule has 4 rings (SSSR count). The Kier molecular flexibility index (Phi) is 8.33. The summed E-state index contributed by atoms with van der Waals surface area (Å²) in [5.41, 5.74) is 8.34. The van der Waals surface area contributed by atoms with Crippen LogP contribution >= 0.6 is 0 Å². The number of nitrogens with one attached hydrogen (secondary N) is 2. The molecule has 0 atom stereocenters. The van der Waals surface area contributed by atoms with E-state index in [2.05, 4.69) is 20.5 Å². The van der Waals surface area contributed by atoms with E-state index in [-0.39, 0.29) is 30.9 Å². The van der Waals surface area contributed by atoms with Crippen LogP contribution in [0, 0.1) is 23.0 Å². The highest BCUT2D eigenvalue weighted by atomic mass is 19.2. The highest BCUT2D eigenvalue weighted by Gasteiger charge is 2.21. The first-order valence-corrected chi connectivity index (χ1v) is 12.0. The minimum Gasteiger partial charge on any atom is -0.380 e. The number of hydrogen-bond acceptors (Lipinski definition) is 7. The van der Waals surface area contributed by atoms with Crippen LogP contribution in [0.25, 0.3) is 0 Å². The van der Waals surface area contributed by atoms with Crippen LogP contribution in [0.3, 0.4) is 0 Å². The summed E-state index contributed by atoms with van der Waals surface area (Å²) in [6.45, 7) is 2.49. The predicted octanol–water partition coefficient (Wildman–Crippen LogP) is 3.31. The van der Waals surface area contributed by atoms with Gasteiger partial charge in [0.15, 0.2) is 11.6 Å². The number of nitrogens with two attached hydrogens (primary N) is 1. The number of amides is 2. The summed E-state index contributed by atoms with van der Waals surface area (Å²) in [6.07, 6.45) is 1.35. The molecule has 38 heavy (non-hydrogen) atoms. The monoisotopic (exact) mass is 519 g/mol. The zero-order valence-corrected chi connectivity index (χ0v) is 20.6. The van der Waals surface area contributed by atoms with E-state index in [0.717, 1.165) is 17.4 Å². The van der Waals surface area contributed by atoms with Gasteiger partial charge in [0.2, 0.25) is 11.8 Å². The van der Waals surface area contributed by atoms with Crippen molar-refractivity contribution < 1.29 is 18.4 Å². The molecule has 2 amide bonds. The number of carbonyl (C=O) groups is 2. The number of nitrogens with zero attached hydrogens (tertiary/aromatic N) is 4. The van der Waals surface area contributed by atoms with Gasteiger partial charge in [-0.05, 0) is 30.3 Å². The first-order valence-electron chi connectivity index (χ1n) is 12.0. The van der Waals surface area contributed by atoms with E-state index in [1.165, 1.54) is 18.3 Å². The van der Waals surface area contributed by atoms with Crippen molar-refractivity contribution >= 4 is 34.7 Å². The van der Waals surface area contributed by atoms with Crippen LogP contribution in [0.4, 0.5) is 31.7 Å². The molecule has 0 aliphatic carbocycles. The SMILES string of the molecule is N#CCC(=O)N1CCN(c2ccc(Nc3cc(NCc4cccc(F)c4F)c(CC(N)=O)cn3)cc2)CC1. The van der Waals surface area contributed by atoms with E-state index >= 15 is 0 Å². The molecular weight excluding hydrogens is 492 g/mol. The van der Waals surface area contributed by atoms with Gasteiger partial charge in [0.1, 0.15) is 12.2 Å². The molecule has 4 N–H and O–H groups in total. The normalized spacial score (nSPS) is 13.1. The average Bonchev–Trinajstić information content (AvgIpc) is 2.91. The quantitative estimate of drug-likeness (QED) is 0.396. The number of nitriles is 1. The van der Waals surface area contributed by atoms with E-state index in [4.69, 9.17) is 11.0 Å². The second kappa shape index (κ2) is 12.0. The lowest BCUT2D eigenvalue weighted by Gasteiger charge is -2.36. The van der Waals surface area contributed by atoms with Crippen molar-refractivity contribution in [3.63, 3.8) is 0 Å². The fourth-order valence-electron chi connectivity index (χ4n) is 4.22. The van der Waals surface area contributed by atoms with E-state index in [1.807, 2.05) is 30.3 Å². The van der Waals surface area contributed by atoms with Crippen molar-refractivity contribution in [1.82, 2.24) is 9.88 Å². The molecule has 1 aliphatic rings. The Bertz CT molecular complexity index is 1350. The summed E-state index contributed by atoms with van der Waals surface area (Å²) in [6, 6.07) is 15.3. The molecule has 9 nitrogen and oxygen atoms in total. The Hall–Kier alpha value is -4.72.